The van der Waals surface area contributed by atoms with Gasteiger partial charge in [-0.3, -0.25) is 4.79 Å². The summed E-state index contributed by atoms with van der Waals surface area (Å²) in [6, 6.07) is 7.12. The number of pyridine rings is 1. The Labute approximate surface area is 168 Å². The first-order valence-electron chi connectivity index (χ1n) is 9.17. The molecule has 1 amide bonds. The van der Waals surface area contributed by atoms with E-state index < -0.39 is 10.0 Å². The van der Waals surface area contributed by atoms with Crippen LogP contribution < -0.4 is 15.6 Å². The predicted molar refractivity (Wildman–Crippen MR) is 110 cm³/mol. The summed E-state index contributed by atoms with van der Waals surface area (Å²) >= 11 is 0. The predicted octanol–water partition coefficient (Wildman–Crippen LogP) is 1.61. The summed E-state index contributed by atoms with van der Waals surface area (Å²) < 4.78 is 26.3. The van der Waals surface area contributed by atoms with E-state index in [0.717, 1.165) is 34.6 Å². The molecule has 3 aromatic rings. The van der Waals surface area contributed by atoms with Crippen molar-refractivity contribution in [1.29, 1.82) is 0 Å². The number of amides is 1. The Morgan fingerprint density at radius 2 is 2.03 bits per heavy atom. The SMILES string of the molecule is CNC(=O)c1c2cc(C3CC3)c(N(N)S(C)(=O)=O)cc2nn1-c1ccc(C)cn1. The fourth-order valence-corrected chi connectivity index (χ4v) is 3.83. The molecule has 1 aliphatic carbocycles. The highest BCUT2D eigenvalue weighted by Crippen LogP contribution is 2.46. The van der Waals surface area contributed by atoms with Crippen LogP contribution in [0.5, 0.6) is 0 Å². The first-order valence-corrected chi connectivity index (χ1v) is 11.0. The third-order valence-corrected chi connectivity index (χ3v) is 5.90. The maximum Gasteiger partial charge on any atom is 0.270 e. The van der Waals surface area contributed by atoms with Crippen molar-refractivity contribution >= 4 is 32.5 Å². The Hall–Kier alpha value is -2.98. The highest BCUT2D eigenvalue weighted by atomic mass is 32.2. The molecule has 2 heterocycles. The second kappa shape index (κ2) is 6.82. The number of anilines is 1. The van der Waals surface area contributed by atoms with E-state index in [2.05, 4.69) is 15.4 Å². The number of sulfonamides is 1. The number of nitrogens with one attached hydrogen (secondary N) is 1. The van der Waals surface area contributed by atoms with Crippen molar-refractivity contribution in [3.8, 4) is 5.82 Å². The van der Waals surface area contributed by atoms with E-state index in [9.17, 15) is 13.2 Å². The molecule has 1 aliphatic rings. The monoisotopic (exact) mass is 414 g/mol. The molecule has 1 fully saturated rings. The number of benzene rings is 1. The summed E-state index contributed by atoms with van der Waals surface area (Å²) in [5, 5.41) is 7.82. The van der Waals surface area contributed by atoms with Crippen LogP contribution in [0.15, 0.2) is 30.5 Å². The highest BCUT2D eigenvalue weighted by Gasteiger charge is 2.31. The zero-order valence-electron chi connectivity index (χ0n) is 16.4. The Bertz CT molecular complexity index is 1210. The van der Waals surface area contributed by atoms with Crippen LogP contribution in [0, 0.1) is 6.92 Å². The summed E-state index contributed by atoms with van der Waals surface area (Å²) in [7, 11) is -2.10. The van der Waals surface area contributed by atoms with Gasteiger partial charge in [-0.1, -0.05) is 6.07 Å². The number of nitrogens with zero attached hydrogens (tertiary/aromatic N) is 4. The molecule has 152 valence electrons. The first kappa shape index (κ1) is 19.3. The lowest BCUT2D eigenvalue weighted by molar-refractivity contribution is 0.0957. The van der Waals surface area contributed by atoms with E-state index in [-0.39, 0.29) is 11.8 Å². The lowest BCUT2D eigenvalue weighted by Gasteiger charge is -2.19. The van der Waals surface area contributed by atoms with E-state index in [1.165, 1.54) is 4.68 Å². The number of carbonyl (C=O) groups excluding carboxylic acids is 1. The molecule has 0 unspecified atom stereocenters. The number of aromatic nitrogens is 3. The van der Waals surface area contributed by atoms with Gasteiger partial charge < -0.3 is 5.32 Å². The van der Waals surface area contributed by atoms with Crippen LogP contribution in [-0.4, -0.2) is 42.4 Å². The fourth-order valence-electron chi connectivity index (χ4n) is 3.32. The average molecular weight is 414 g/mol. The van der Waals surface area contributed by atoms with Crippen molar-refractivity contribution in [2.24, 2.45) is 5.84 Å². The van der Waals surface area contributed by atoms with E-state index >= 15 is 0 Å². The molecule has 1 saturated carbocycles. The zero-order chi connectivity index (χ0) is 20.9. The van der Waals surface area contributed by atoms with E-state index in [0.29, 0.717) is 28.1 Å². The summed E-state index contributed by atoms with van der Waals surface area (Å²) in [5.41, 5.74) is 2.97. The second-order valence-corrected chi connectivity index (χ2v) is 9.15. The molecule has 9 nitrogen and oxygen atoms in total. The molecule has 0 saturated heterocycles. The van der Waals surface area contributed by atoms with Crippen molar-refractivity contribution in [2.45, 2.75) is 25.7 Å². The number of fused-ring (bicyclic) bond motifs is 1. The minimum absolute atomic E-state index is 0.209. The molecule has 0 spiro atoms. The van der Waals surface area contributed by atoms with Gasteiger partial charge in [-0.25, -0.2) is 28.3 Å². The largest absolute Gasteiger partial charge is 0.354 e. The van der Waals surface area contributed by atoms with Gasteiger partial charge in [0.25, 0.3) is 5.91 Å². The van der Waals surface area contributed by atoms with Crippen LogP contribution >= 0.6 is 0 Å². The minimum Gasteiger partial charge on any atom is -0.354 e. The van der Waals surface area contributed by atoms with E-state index in [4.69, 9.17) is 5.84 Å². The Kier molecular flexibility index (Phi) is 4.55. The number of hydrazine groups is 1. The van der Waals surface area contributed by atoms with E-state index in [1.54, 1.807) is 25.4 Å². The smallest absolute Gasteiger partial charge is 0.270 e. The number of hydrogen-bond acceptors (Lipinski definition) is 6. The summed E-state index contributed by atoms with van der Waals surface area (Å²) in [6.45, 7) is 1.92. The normalized spacial score (nSPS) is 14.2. The third-order valence-electron chi connectivity index (χ3n) is 4.99. The van der Waals surface area contributed by atoms with Gasteiger partial charge in [-0.05, 0) is 55.0 Å². The summed E-state index contributed by atoms with van der Waals surface area (Å²) in [5.74, 6) is 6.30. The molecular weight excluding hydrogens is 392 g/mol. The van der Waals surface area contributed by atoms with Gasteiger partial charge in [0, 0.05) is 18.6 Å². The average Bonchev–Trinajstić information content (AvgIpc) is 3.46. The van der Waals surface area contributed by atoms with Crippen LogP contribution in [-0.2, 0) is 10.0 Å². The van der Waals surface area contributed by atoms with Crippen LogP contribution in [0.3, 0.4) is 0 Å². The third kappa shape index (κ3) is 3.45. The number of nitrogens with two attached hydrogens (primary N) is 1. The molecule has 10 heteroatoms. The number of carbonyl (C=O) groups is 1. The standard InChI is InChI=1S/C19H22N6O3S/c1-11-4-7-17(22-10-11)24-18(19(26)21-2)14-8-13(12-5-6-12)16(9-15(14)23-24)25(20)29(3,27)28/h4,7-10,12H,5-6,20H2,1-3H3,(H,21,26). The lowest BCUT2D eigenvalue weighted by atomic mass is 10.0. The molecule has 3 N–H and O–H groups in total. The molecular formula is C19H22N6O3S. The maximum absolute atomic E-state index is 12.7. The van der Waals surface area contributed by atoms with Crippen molar-refractivity contribution < 1.29 is 13.2 Å². The molecule has 0 aliphatic heterocycles. The molecule has 2 aromatic heterocycles. The summed E-state index contributed by atoms with van der Waals surface area (Å²) in [6.07, 6.45) is 4.64. The van der Waals surface area contributed by atoms with Gasteiger partial charge >= 0.3 is 0 Å². The van der Waals surface area contributed by atoms with E-state index in [1.807, 2.05) is 19.1 Å². The van der Waals surface area contributed by atoms with Crippen LogP contribution in [0.1, 0.15) is 40.4 Å². The zero-order valence-corrected chi connectivity index (χ0v) is 17.2. The molecule has 1 aromatic carbocycles. The Morgan fingerprint density at radius 3 is 2.59 bits per heavy atom. The van der Waals surface area contributed by atoms with Gasteiger partial charge in [0.1, 0.15) is 5.69 Å². The fraction of sp³-hybridized carbons (Fsp3) is 0.316. The molecule has 0 atom stereocenters. The van der Waals surface area contributed by atoms with Gasteiger partial charge in [0.15, 0.2) is 5.82 Å². The van der Waals surface area contributed by atoms with Crippen molar-refractivity contribution in [1.82, 2.24) is 20.1 Å². The minimum atomic E-state index is -3.65. The Morgan fingerprint density at radius 1 is 1.31 bits per heavy atom. The molecule has 29 heavy (non-hydrogen) atoms. The maximum atomic E-state index is 12.7. The van der Waals surface area contributed by atoms with Gasteiger partial charge in [-0.15, -0.1) is 0 Å². The first-order chi connectivity index (χ1) is 13.7. The van der Waals surface area contributed by atoms with Crippen molar-refractivity contribution in [2.75, 3.05) is 17.7 Å². The topological polar surface area (TPSA) is 123 Å². The second-order valence-electron chi connectivity index (χ2n) is 7.29. The van der Waals surface area contributed by atoms with Crippen LogP contribution in [0.25, 0.3) is 16.7 Å². The van der Waals surface area contributed by atoms with Crippen LogP contribution in [0.4, 0.5) is 5.69 Å². The van der Waals surface area contributed by atoms with Gasteiger partial charge in [0.2, 0.25) is 10.0 Å². The quantitative estimate of drug-likeness (QED) is 0.483. The van der Waals surface area contributed by atoms with Crippen molar-refractivity contribution in [3.05, 3.63) is 47.3 Å². The van der Waals surface area contributed by atoms with Gasteiger partial charge in [-0.2, -0.15) is 5.10 Å². The summed E-state index contributed by atoms with van der Waals surface area (Å²) in [4.78, 5) is 17.1. The Balaban J connectivity index is 2.00. The molecule has 0 bridgehead atoms. The van der Waals surface area contributed by atoms with Gasteiger partial charge in [0.05, 0.1) is 17.5 Å². The number of aryl methyl sites for hydroxylation is 1. The highest BCUT2D eigenvalue weighted by molar-refractivity contribution is 7.92. The lowest BCUT2D eigenvalue weighted by Crippen LogP contribution is -2.37. The van der Waals surface area contributed by atoms with Crippen LogP contribution in [0.2, 0.25) is 0 Å². The molecule has 4 rings (SSSR count). The number of hydrogen-bond donors (Lipinski definition) is 2. The van der Waals surface area contributed by atoms with Crippen molar-refractivity contribution in [3.63, 3.8) is 0 Å². The molecule has 0 radical (unpaired) electrons. The number of rotatable bonds is 5.